The molecule has 1 aromatic heterocycles. The van der Waals surface area contributed by atoms with E-state index >= 15 is 0 Å². The van der Waals surface area contributed by atoms with Crippen molar-refractivity contribution in [3.63, 3.8) is 0 Å². The van der Waals surface area contributed by atoms with Crippen LogP contribution in [-0.2, 0) is 5.54 Å². The van der Waals surface area contributed by atoms with Crippen LogP contribution in [0.1, 0.15) is 22.3 Å². The predicted octanol–water partition coefficient (Wildman–Crippen LogP) is 7.02. The van der Waals surface area contributed by atoms with E-state index in [1.165, 1.54) is 12.3 Å². The second kappa shape index (κ2) is 9.35. The fourth-order valence-corrected chi connectivity index (χ4v) is 4.56. The number of nitrogens with zero attached hydrogens (tertiary/aromatic N) is 1. The molecule has 0 atom stereocenters. The second-order valence-corrected chi connectivity index (χ2v) is 8.52. The number of hydrogen-bond donors (Lipinski definition) is 2. The van der Waals surface area contributed by atoms with Gasteiger partial charge in [-0.25, -0.2) is 4.98 Å². The number of nitrogens with one attached hydrogen (secondary N) is 2. The Kier molecular flexibility index (Phi) is 6.51. The van der Waals surface area contributed by atoms with E-state index in [1.54, 1.807) is 0 Å². The highest BCUT2D eigenvalue weighted by atomic mass is 127. The van der Waals surface area contributed by atoms with Gasteiger partial charge in [0.2, 0.25) is 0 Å². The molecule has 0 saturated heterocycles. The number of hydrogen-bond acceptors (Lipinski definition) is 3. The van der Waals surface area contributed by atoms with E-state index in [0.717, 1.165) is 16.7 Å². The quantitative estimate of drug-likeness (QED) is 0.152. The van der Waals surface area contributed by atoms with Crippen LogP contribution < -0.4 is 5.32 Å². The standard InChI is InChI=1S/C26H19F3IN3/c27-26(28,29)23(31)22-21(30)16-17-32-24(22)33-25(18-10-4-1-5-11-18,19-12-6-2-7-13-19)20-14-8-3-9-15-20/h1-17,31H,(H,32,33). The normalized spacial score (nSPS) is 11.8. The Morgan fingerprint density at radius 3 is 1.55 bits per heavy atom. The Labute approximate surface area is 203 Å². The molecule has 0 spiro atoms. The van der Waals surface area contributed by atoms with Gasteiger partial charge in [0.25, 0.3) is 0 Å². The minimum absolute atomic E-state index is 0.0132. The molecular weight excluding hydrogens is 538 g/mol. The van der Waals surface area contributed by atoms with Gasteiger partial charge in [0, 0.05) is 9.77 Å². The predicted molar refractivity (Wildman–Crippen MR) is 133 cm³/mol. The van der Waals surface area contributed by atoms with Gasteiger partial charge in [-0.3, -0.25) is 5.41 Å². The van der Waals surface area contributed by atoms with Gasteiger partial charge < -0.3 is 5.32 Å². The maximum absolute atomic E-state index is 13.6. The number of benzene rings is 3. The molecule has 0 aliphatic carbocycles. The first-order valence-corrected chi connectivity index (χ1v) is 11.2. The monoisotopic (exact) mass is 557 g/mol. The van der Waals surface area contributed by atoms with Crippen LogP contribution in [0.3, 0.4) is 0 Å². The van der Waals surface area contributed by atoms with Gasteiger partial charge in [0.15, 0.2) is 0 Å². The Morgan fingerprint density at radius 1 is 0.727 bits per heavy atom. The topological polar surface area (TPSA) is 48.8 Å². The van der Waals surface area contributed by atoms with Gasteiger partial charge in [-0.1, -0.05) is 91.0 Å². The summed E-state index contributed by atoms with van der Waals surface area (Å²) in [7, 11) is 0. The smallest absolute Gasteiger partial charge is 0.352 e. The molecule has 0 bridgehead atoms. The summed E-state index contributed by atoms with van der Waals surface area (Å²) in [4.78, 5) is 4.28. The molecule has 33 heavy (non-hydrogen) atoms. The first kappa shape index (κ1) is 23.0. The van der Waals surface area contributed by atoms with Crippen LogP contribution in [0.5, 0.6) is 0 Å². The summed E-state index contributed by atoms with van der Waals surface area (Å²) < 4.78 is 41.1. The highest BCUT2D eigenvalue weighted by molar-refractivity contribution is 14.1. The molecule has 0 amide bonds. The molecule has 0 aliphatic heterocycles. The van der Waals surface area contributed by atoms with Crippen molar-refractivity contribution in [3.8, 4) is 0 Å². The molecule has 7 heteroatoms. The lowest BCUT2D eigenvalue weighted by atomic mass is 9.77. The van der Waals surface area contributed by atoms with Crippen molar-refractivity contribution in [2.75, 3.05) is 5.32 Å². The number of alkyl halides is 3. The van der Waals surface area contributed by atoms with Crippen molar-refractivity contribution in [2.24, 2.45) is 0 Å². The summed E-state index contributed by atoms with van der Waals surface area (Å²) in [5.41, 5.74) is -0.294. The molecule has 0 unspecified atom stereocenters. The van der Waals surface area contributed by atoms with E-state index in [0.29, 0.717) is 0 Å². The van der Waals surface area contributed by atoms with Crippen LogP contribution in [0, 0.1) is 8.98 Å². The molecule has 3 aromatic carbocycles. The zero-order chi connectivity index (χ0) is 23.5. The molecule has 166 valence electrons. The fraction of sp³-hybridized carbons (Fsp3) is 0.0769. The van der Waals surface area contributed by atoms with Gasteiger partial charge in [-0.2, -0.15) is 13.2 Å². The van der Waals surface area contributed by atoms with Crippen molar-refractivity contribution in [2.45, 2.75) is 11.7 Å². The van der Waals surface area contributed by atoms with E-state index in [4.69, 9.17) is 5.41 Å². The van der Waals surface area contributed by atoms with Crippen LogP contribution in [-0.4, -0.2) is 16.9 Å². The minimum Gasteiger partial charge on any atom is -0.352 e. The lowest BCUT2D eigenvalue weighted by molar-refractivity contribution is -0.0588. The summed E-state index contributed by atoms with van der Waals surface area (Å²) in [6, 6.07) is 30.0. The van der Waals surface area contributed by atoms with Crippen LogP contribution >= 0.6 is 22.6 Å². The summed E-state index contributed by atoms with van der Waals surface area (Å²) in [5.74, 6) is -0.0132. The number of aromatic nitrogens is 1. The van der Waals surface area contributed by atoms with Gasteiger partial charge in [-0.05, 0) is 45.3 Å². The molecule has 0 saturated carbocycles. The van der Waals surface area contributed by atoms with E-state index in [-0.39, 0.29) is 15.0 Å². The Balaban J connectivity index is 2.03. The van der Waals surface area contributed by atoms with Gasteiger partial charge in [-0.15, -0.1) is 0 Å². The number of halogens is 4. The average molecular weight is 557 g/mol. The van der Waals surface area contributed by atoms with E-state index < -0.39 is 17.4 Å². The number of anilines is 1. The molecule has 0 radical (unpaired) electrons. The Hall–Kier alpha value is -3.20. The average Bonchev–Trinajstić information content (AvgIpc) is 2.83. The summed E-state index contributed by atoms with van der Waals surface area (Å²) in [6.45, 7) is 0. The maximum Gasteiger partial charge on any atom is 0.433 e. The van der Waals surface area contributed by atoms with Gasteiger partial charge in [0.1, 0.15) is 17.1 Å². The molecule has 4 aromatic rings. The largest absolute Gasteiger partial charge is 0.433 e. The van der Waals surface area contributed by atoms with Crippen molar-refractivity contribution in [1.29, 1.82) is 5.41 Å². The maximum atomic E-state index is 13.6. The molecule has 1 heterocycles. The van der Waals surface area contributed by atoms with E-state index in [2.05, 4.69) is 10.3 Å². The van der Waals surface area contributed by atoms with Crippen LogP contribution in [0.4, 0.5) is 19.0 Å². The third-order valence-electron chi connectivity index (χ3n) is 5.36. The summed E-state index contributed by atoms with van der Waals surface area (Å²) >= 11 is 1.82. The van der Waals surface area contributed by atoms with Crippen LogP contribution in [0.25, 0.3) is 0 Å². The highest BCUT2D eigenvalue weighted by Gasteiger charge is 2.41. The molecule has 4 rings (SSSR count). The Morgan fingerprint density at radius 2 is 1.15 bits per heavy atom. The van der Waals surface area contributed by atoms with Gasteiger partial charge >= 0.3 is 6.18 Å². The van der Waals surface area contributed by atoms with E-state index in [9.17, 15) is 13.2 Å². The second-order valence-electron chi connectivity index (χ2n) is 7.36. The van der Waals surface area contributed by atoms with Crippen LogP contribution in [0.15, 0.2) is 103 Å². The first-order chi connectivity index (χ1) is 15.8. The van der Waals surface area contributed by atoms with Crippen molar-refractivity contribution < 1.29 is 13.2 Å². The first-order valence-electron chi connectivity index (χ1n) is 10.1. The number of pyridine rings is 1. The Bertz CT molecular complexity index is 1150. The van der Waals surface area contributed by atoms with Crippen LogP contribution in [0.2, 0.25) is 0 Å². The highest BCUT2D eigenvalue weighted by Crippen LogP contribution is 2.41. The molecule has 0 aliphatic rings. The van der Waals surface area contributed by atoms with Crippen molar-refractivity contribution in [3.05, 3.63) is 129 Å². The van der Waals surface area contributed by atoms with Crippen molar-refractivity contribution in [1.82, 2.24) is 4.98 Å². The lowest BCUT2D eigenvalue weighted by Crippen LogP contribution is -2.39. The van der Waals surface area contributed by atoms with Gasteiger partial charge in [0.05, 0.1) is 5.56 Å². The summed E-state index contributed by atoms with van der Waals surface area (Å²) in [5, 5.41) is 11.2. The minimum atomic E-state index is -4.81. The van der Waals surface area contributed by atoms with Crippen molar-refractivity contribution >= 4 is 34.1 Å². The summed E-state index contributed by atoms with van der Waals surface area (Å²) in [6.07, 6.45) is -3.36. The van der Waals surface area contributed by atoms with E-state index in [1.807, 2.05) is 114 Å². The molecule has 2 N–H and O–H groups in total. The molecular formula is C26H19F3IN3. The third kappa shape index (κ3) is 4.50. The number of rotatable bonds is 6. The SMILES string of the molecule is N=C(c1c(I)ccnc1NC(c1ccccc1)(c1ccccc1)c1ccccc1)C(F)(F)F. The lowest BCUT2D eigenvalue weighted by Gasteiger charge is -2.38. The fourth-order valence-electron chi connectivity index (χ4n) is 3.87. The zero-order valence-corrected chi connectivity index (χ0v) is 19.4. The molecule has 0 fully saturated rings. The molecule has 3 nitrogen and oxygen atoms in total. The third-order valence-corrected chi connectivity index (χ3v) is 6.26. The zero-order valence-electron chi connectivity index (χ0n) is 17.3.